The van der Waals surface area contributed by atoms with Gasteiger partial charge in [0, 0.05) is 5.24 Å². The summed E-state index contributed by atoms with van der Waals surface area (Å²) in [5, 5.41) is -0.302. The molecule has 0 saturated carbocycles. The predicted octanol–water partition coefficient (Wildman–Crippen LogP) is 5.00. The second-order valence-corrected chi connectivity index (χ2v) is 11.6. The van der Waals surface area contributed by atoms with Crippen molar-refractivity contribution in [2.75, 3.05) is 6.16 Å². The Labute approximate surface area is 116 Å². The fourth-order valence-corrected chi connectivity index (χ4v) is 5.02. The van der Waals surface area contributed by atoms with Crippen LogP contribution in [0.3, 0.4) is 0 Å². The molecule has 0 aromatic heterocycles. The van der Waals surface area contributed by atoms with Crippen LogP contribution in [0.4, 0.5) is 0 Å². The van der Waals surface area contributed by atoms with Crippen LogP contribution in [0.1, 0.15) is 45.4 Å². The lowest BCUT2D eigenvalue weighted by molar-refractivity contribution is 0.626. The summed E-state index contributed by atoms with van der Waals surface area (Å²) in [4.78, 5) is 0. The van der Waals surface area contributed by atoms with Crippen LogP contribution in [0.5, 0.6) is 0 Å². The second kappa shape index (κ2) is 8.34. The molecule has 1 rings (SSSR count). The van der Waals surface area contributed by atoms with Crippen molar-refractivity contribution in [3.8, 4) is 0 Å². The Kier molecular flexibility index (Phi) is 7.50. The Balaban J connectivity index is 2.28. The molecule has 0 radical (unpaired) electrons. The summed E-state index contributed by atoms with van der Waals surface area (Å²) in [6.45, 7) is 2.25. The maximum Gasteiger partial charge on any atom is 0.0308 e. The molecule has 1 aromatic rings. The van der Waals surface area contributed by atoms with Crippen molar-refractivity contribution in [2.45, 2.75) is 45.4 Å². The molecule has 17 heavy (non-hydrogen) atoms. The molecule has 0 aliphatic carbocycles. The van der Waals surface area contributed by atoms with Crippen LogP contribution in [0.25, 0.3) is 0 Å². The molecule has 3 heteroatoms. The molecule has 0 heterocycles. The van der Waals surface area contributed by atoms with E-state index < -0.39 is 5.24 Å². The molecule has 1 aromatic carbocycles. The minimum absolute atomic E-state index is 1.10. The third-order valence-corrected chi connectivity index (χ3v) is 7.47. The van der Waals surface area contributed by atoms with Crippen LogP contribution in [0, 0.1) is 0 Å². The van der Waals surface area contributed by atoms with Crippen LogP contribution >= 0.6 is 17.5 Å². The van der Waals surface area contributed by atoms with Crippen molar-refractivity contribution in [3.05, 3.63) is 30.3 Å². The lowest BCUT2D eigenvalue weighted by Gasteiger charge is -2.15. The van der Waals surface area contributed by atoms with E-state index in [0.29, 0.717) is 0 Å². The maximum absolute atomic E-state index is 5.69. The van der Waals surface area contributed by atoms with E-state index in [-0.39, 0.29) is 0 Å². The van der Waals surface area contributed by atoms with Crippen molar-refractivity contribution in [1.82, 2.24) is 0 Å². The van der Waals surface area contributed by atoms with E-state index in [9.17, 15) is 0 Å². The molecule has 0 nitrogen and oxygen atoms in total. The predicted molar refractivity (Wildman–Crippen MR) is 87.6 cm³/mol. The van der Waals surface area contributed by atoms with Gasteiger partial charge in [-0.2, -0.15) is 0 Å². The minimum atomic E-state index is -1.57. The normalized spacial score (nSPS) is 14.5. The monoisotopic (exact) mass is 286 g/mol. The molecule has 0 amide bonds. The number of benzene rings is 1. The standard InChI is InChI=1S/C14H23PS2/c1-2-3-4-5-6-10-13-15(16,17)14-11-8-7-9-12-14/h7-9,11-12H,2-6,10,13H2,1H3,(H,16,17). The molecule has 96 valence electrons. The van der Waals surface area contributed by atoms with Gasteiger partial charge in [0.1, 0.15) is 0 Å². The highest BCUT2D eigenvalue weighted by atomic mass is 32.9. The van der Waals surface area contributed by atoms with Crippen molar-refractivity contribution >= 4 is 34.6 Å². The van der Waals surface area contributed by atoms with Crippen molar-refractivity contribution < 1.29 is 0 Å². The zero-order chi connectivity index (χ0) is 12.6. The molecular weight excluding hydrogens is 263 g/mol. The molecule has 0 aliphatic heterocycles. The quantitative estimate of drug-likeness (QED) is 0.399. The Morgan fingerprint density at radius 1 is 1.00 bits per heavy atom. The van der Waals surface area contributed by atoms with Crippen LogP contribution in [0.15, 0.2) is 30.3 Å². The molecule has 0 aliphatic rings. The Morgan fingerprint density at radius 3 is 2.24 bits per heavy atom. The third-order valence-electron chi connectivity index (χ3n) is 2.97. The zero-order valence-electron chi connectivity index (χ0n) is 10.6. The fourth-order valence-electron chi connectivity index (χ4n) is 1.90. The Morgan fingerprint density at radius 2 is 1.59 bits per heavy atom. The molecule has 0 saturated heterocycles. The van der Waals surface area contributed by atoms with Gasteiger partial charge in [0.2, 0.25) is 0 Å². The first-order valence-corrected chi connectivity index (χ1v) is 10.7. The molecule has 1 unspecified atom stereocenters. The van der Waals surface area contributed by atoms with Crippen molar-refractivity contribution in [1.29, 1.82) is 0 Å². The third kappa shape index (κ3) is 6.08. The number of thiol groups is 1. The van der Waals surface area contributed by atoms with E-state index in [2.05, 4.69) is 31.2 Å². The van der Waals surface area contributed by atoms with Gasteiger partial charge in [-0.25, -0.2) is 0 Å². The van der Waals surface area contributed by atoms with Gasteiger partial charge in [0.25, 0.3) is 0 Å². The molecule has 1 atom stereocenters. The topological polar surface area (TPSA) is 0 Å². The molecule has 0 N–H and O–H groups in total. The first kappa shape index (κ1) is 15.3. The first-order chi connectivity index (χ1) is 8.17. The number of hydrogen-bond acceptors (Lipinski definition) is 1. The van der Waals surface area contributed by atoms with E-state index >= 15 is 0 Å². The average Bonchev–Trinajstić information content (AvgIpc) is 2.35. The van der Waals surface area contributed by atoms with Crippen LogP contribution < -0.4 is 5.30 Å². The summed E-state index contributed by atoms with van der Waals surface area (Å²) < 4.78 is 0. The van der Waals surface area contributed by atoms with E-state index in [1.165, 1.54) is 43.8 Å². The minimum Gasteiger partial charge on any atom is -0.137 e. The van der Waals surface area contributed by atoms with Crippen LogP contribution in [-0.4, -0.2) is 6.16 Å². The number of hydrogen-bond donors (Lipinski definition) is 1. The lowest BCUT2D eigenvalue weighted by atomic mass is 10.1. The van der Waals surface area contributed by atoms with E-state index in [0.717, 1.165) is 6.16 Å². The zero-order valence-corrected chi connectivity index (χ0v) is 13.2. The highest BCUT2D eigenvalue weighted by molar-refractivity contribution is 8.65. The van der Waals surface area contributed by atoms with Crippen molar-refractivity contribution in [3.63, 3.8) is 0 Å². The van der Waals surface area contributed by atoms with Gasteiger partial charge in [-0.05, 0) is 17.9 Å². The van der Waals surface area contributed by atoms with Gasteiger partial charge in [-0.3, -0.25) is 0 Å². The largest absolute Gasteiger partial charge is 0.137 e. The van der Waals surface area contributed by atoms with Gasteiger partial charge in [0.05, 0.1) is 0 Å². The van der Waals surface area contributed by atoms with Gasteiger partial charge in [-0.1, -0.05) is 81.2 Å². The Bertz CT molecular complexity index is 348. The van der Waals surface area contributed by atoms with E-state index in [4.69, 9.17) is 24.1 Å². The van der Waals surface area contributed by atoms with Gasteiger partial charge in [0.15, 0.2) is 0 Å². The van der Waals surface area contributed by atoms with Gasteiger partial charge >= 0.3 is 0 Å². The number of unbranched alkanes of at least 4 members (excludes halogenated alkanes) is 5. The summed E-state index contributed by atoms with van der Waals surface area (Å²) in [7, 11) is 0. The average molecular weight is 286 g/mol. The summed E-state index contributed by atoms with van der Waals surface area (Å²) in [5.74, 6) is 0. The molecule has 0 spiro atoms. The SMILES string of the molecule is CCCCCCCCP(=S)(S)c1ccccc1. The van der Waals surface area contributed by atoms with Crippen LogP contribution in [0.2, 0.25) is 0 Å². The highest BCUT2D eigenvalue weighted by Crippen LogP contribution is 2.50. The molecule has 0 fully saturated rings. The first-order valence-electron chi connectivity index (χ1n) is 6.54. The highest BCUT2D eigenvalue weighted by Gasteiger charge is 2.13. The second-order valence-electron chi connectivity index (χ2n) is 4.53. The fraction of sp³-hybridized carbons (Fsp3) is 0.571. The molecule has 0 bridgehead atoms. The van der Waals surface area contributed by atoms with E-state index in [1.807, 2.05) is 6.07 Å². The number of rotatable bonds is 8. The van der Waals surface area contributed by atoms with Crippen LogP contribution in [-0.2, 0) is 11.8 Å². The summed E-state index contributed by atoms with van der Waals surface area (Å²) >= 11 is 10.4. The van der Waals surface area contributed by atoms with Crippen molar-refractivity contribution in [2.24, 2.45) is 0 Å². The van der Waals surface area contributed by atoms with E-state index in [1.54, 1.807) is 0 Å². The Hall–Kier alpha value is 0.220. The maximum atomic E-state index is 5.69. The van der Waals surface area contributed by atoms with Gasteiger partial charge < -0.3 is 0 Å². The summed E-state index contributed by atoms with van der Waals surface area (Å²) in [6.07, 6.45) is 9.05. The summed E-state index contributed by atoms with van der Waals surface area (Å²) in [6, 6.07) is 10.4. The summed E-state index contributed by atoms with van der Waals surface area (Å²) in [5.41, 5.74) is 0. The lowest BCUT2D eigenvalue weighted by Crippen LogP contribution is -2.02. The smallest absolute Gasteiger partial charge is 0.0308 e. The molecular formula is C14H23PS2. The van der Waals surface area contributed by atoms with Gasteiger partial charge in [-0.15, -0.1) is 12.2 Å².